The first kappa shape index (κ1) is 11.9. The summed E-state index contributed by atoms with van der Waals surface area (Å²) in [6, 6.07) is 7.95. The van der Waals surface area contributed by atoms with Crippen LogP contribution < -0.4 is 5.32 Å². The van der Waals surface area contributed by atoms with Gasteiger partial charge in [0.15, 0.2) is 0 Å². The number of hydrogen-bond donors (Lipinski definition) is 1. The van der Waals surface area contributed by atoms with Gasteiger partial charge in [-0.3, -0.25) is 4.79 Å². The molecule has 1 aliphatic rings. The first-order valence-electron chi connectivity index (χ1n) is 5.36. The van der Waals surface area contributed by atoms with Crippen LogP contribution in [0.4, 0.5) is 0 Å². The van der Waals surface area contributed by atoms with E-state index < -0.39 is 0 Å². The number of thioether (sulfide) groups is 2. The molecule has 0 radical (unpaired) electrons. The number of carbonyl (C=O) groups excluding carboxylic acids is 1. The lowest BCUT2D eigenvalue weighted by atomic mass is 10.1. The van der Waals surface area contributed by atoms with Gasteiger partial charge in [0, 0.05) is 12.6 Å². The molecule has 1 N–H and O–H groups in total. The van der Waals surface area contributed by atoms with Crippen molar-refractivity contribution in [2.24, 2.45) is 0 Å². The van der Waals surface area contributed by atoms with Crippen LogP contribution in [0.25, 0.3) is 0 Å². The molecule has 0 aliphatic carbocycles. The van der Waals surface area contributed by atoms with Gasteiger partial charge >= 0.3 is 0 Å². The van der Waals surface area contributed by atoms with E-state index in [1.165, 1.54) is 23.5 Å². The normalized spacial score (nSPS) is 17.1. The molecule has 2 rings (SSSR count). The predicted molar refractivity (Wildman–Crippen MR) is 72.1 cm³/mol. The van der Waals surface area contributed by atoms with Crippen molar-refractivity contribution in [3.63, 3.8) is 0 Å². The molecule has 1 amide bonds. The summed E-state index contributed by atoms with van der Waals surface area (Å²) in [5.74, 6) is 2.47. The maximum absolute atomic E-state index is 11.4. The molecule has 0 aromatic heterocycles. The molecule has 0 spiro atoms. The second kappa shape index (κ2) is 5.64. The van der Waals surface area contributed by atoms with Crippen LogP contribution in [0, 0.1) is 0 Å². The largest absolute Gasteiger partial charge is 0.355 e. The summed E-state index contributed by atoms with van der Waals surface area (Å²) in [6.07, 6.45) is 1.31. The van der Waals surface area contributed by atoms with E-state index in [1.807, 2.05) is 35.7 Å². The van der Waals surface area contributed by atoms with Crippen LogP contribution in [0.3, 0.4) is 0 Å². The van der Waals surface area contributed by atoms with Crippen LogP contribution in [0.5, 0.6) is 0 Å². The maximum Gasteiger partial charge on any atom is 0.251 e. The molecule has 2 nitrogen and oxygen atoms in total. The molecule has 1 saturated heterocycles. The summed E-state index contributed by atoms with van der Waals surface area (Å²) in [5, 5.41) is 2.63. The molecule has 0 atom stereocenters. The van der Waals surface area contributed by atoms with E-state index in [1.54, 1.807) is 7.05 Å². The van der Waals surface area contributed by atoms with E-state index >= 15 is 0 Å². The minimum atomic E-state index is -0.0181. The van der Waals surface area contributed by atoms with Crippen molar-refractivity contribution in [2.45, 2.75) is 11.0 Å². The second-order valence-corrected chi connectivity index (χ2v) is 6.35. The number of rotatable bonds is 2. The molecule has 1 aromatic carbocycles. The summed E-state index contributed by atoms with van der Waals surface area (Å²) in [6.45, 7) is 0. The van der Waals surface area contributed by atoms with Gasteiger partial charge in [-0.25, -0.2) is 0 Å². The summed E-state index contributed by atoms with van der Waals surface area (Å²) in [4.78, 5) is 11.4. The first-order valence-corrected chi connectivity index (χ1v) is 7.46. The fraction of sp³-hybridized carbons (Fsp3) is 0.417. The molecular formula is C12H15NOS2. The Bertz CT molecular complexity index is 358. The summed E-state index contributed by atoms with van der Waals surface area (Å²) in [7, 11) is 1.66. The van der Waals surface area contributed by atoms with Crippen LogP contribution in [0.2, 0.25) is 0 Å². The molecular weight excluding hydrogens is 238 g/mol. The van der Waals surface area contributed by atoms with Gasteiger partial charge in [0.25, 0.3) is 5.91 Å². The minimum Gasteiger partial charge on any atom is -0.355 e. The second-order valence-electron chi connectivity index (χ2n) is 3.63. The third-order valence-electron chi connectivity index (χ3n) is 2.50. The molecule has 4 heteroatoms. The van der Waals surface area contributed by atoms with E-state index in [0.29, 0.717) is 4.58 Å². The van der Waals surface area contributed by atoms with Crippen molar-refractivity contribution in [1.82, 2.24) is 5.32 Å². The zero-order valence-corrected chi connectivity index (χ0v) is 10.9. The highest BCUT2D eigenvalue weighted by atomic mass is 32.2. The molecule has 1 aliphatic heterocycles. The van der Waals surface area contributed by atoms with E-state index in [9.17, 15) is 4.79 Å². The molecule has 86 valence electrons. The Labute approximate surface area is 105 Å². The minimum absolute atomic E-state index is 0.0181. The van der Waals surface area contributed by atoms with Crippen molar-refractivity contribution >= 4 is 29.4 Å². The Morgan fingerprint density at radius 2 is 1.88 bits per heavy atom. The smallest absolute Gasteiger partial charge is 0.251 e. The van der Waals surface area contributed by atoms with Gasteiger partial charge in [0.1, 0.15) is 0 Å². The maximum atomic E-state index is 11.4. The van der Waals surface area contributed by atoms with Crippen LogP contribution in [-0.4, -0.2) is 24.5 Å². The Morgan fingerprint density at radius 3 is 2.44 bits per heavy atom. The highest BCUT2D eigenvalue weighted by Crippen LogP contribution is 2.43. The van der Waals surface area contributed by atoms with Crippen LogP contribution >= 0.6 is 23.5 Å². The Morgan fingerprint density at radius 1 is 1.25 bits per heavy atom. The molecule has 0 saturated carbocycles. The van der Waals surface area contributed by atoms with Gasteiger partial charge in [0.05, 0.1) is 4.58 Å². The average Bonchev–Trinajstić information content (AvgIpc) is 2.39. The van der Waals surface area contributed by atoms with E-state index in [-0.39, 0.29) is 5.91 Å². The molecule has 1 fully saturated rings. The first-order chi connectivity index (χ1) is 7.81. The molecule has 0 bridgehead atoms. The highest BCUT2D eigenvalue weighted by Gasteiger charge is 2.16. The van der Waals surface area contributed by atoms with Crippen LogP contribution in [0.1, 0.15) is 26.9 Å². The fourth-order valence-electron chi connectivity index (χ4n) is 1.62. The zero-order valence-electron chi connectivity index (χ0n) is 9.23. The summed E-state index contributed by atoms with van der Waals surface area (Å²) < 4.78 is 0.549. The van der Waals surface area contributed by atoms with E-state index in [2.05, 4.69) is 17.4 Å². The Balaban J connectivity index is 2.09. The van der Waals surface area contributed by atoms with Gasteiger partial charge in [-0.15, -0.1) is 23.5 Å². The number of hydrogen-bond acceptors (Lipinski definition) is 3. The van der Waals surface area contributed by atoms with Crippen molar-refractivity contribution in [3.8, 4) is 0 Å². The third kappa shape index (κ3) is 2.74. The van der Waals surface area contributed by atoms with Crippen LogP contribution in [0.15, 0.2) is 24.3 Å². The summed E-state index contributed by atoms with van der Waals surface area (Å²) in [5.41, 5.74) is 2.06. The van der Waals surface area contributed by atoms with E-state index in [4.69, 9.17) is 0 Å². The molecule has 1 heterocycles. The zero-order chi connectivity index (χ0) is 11.4. The van der Waals surface area contributed by atoms with Gasteiger partial charge in [-0.05, 0) is 35.6 Å². The van der Waals surface area contributed by atoms with Crippen molar-refractivity contribution in [3.05, 3.63) is 35.4 Å². The third-order valence-corrected chi connectivity index (χ3v) is 5.51. The van der Waals surface area contributed by atoms with Crippen molar-refractivity contribution < 1.29 is 4.79 Å². The number of benzene rings is 1. The molecule has 0 unspecified atom stereocenters. The number of amides is 1. The van der Waals surface area contributed by atoms with Crippen molar-refractivity contribution in [1.29, 1.82) is 0 Å². The van der Waals surface area contributed by atoms with E-state index in [0.717, 1.165) is 5.56 Å². The topological polar surface area (TPSA) is 29.1 Å². The fourth-order valence-corrected chi connectivity index (χ4v) is 4.51. The standard InChI is InChI=1S/C12H15NOS2/c1-13-11(14)9-3-5-10(6-4-9)12-15-7-2-8-16-12/h3-6,12H,2,7-8H2,1H3,(H,13,14). The monoisotopic (exact) mass is 253 g/mol. The number of carbonyl (C=O) groups is 1. The number of nitrogens with one attached hydrogen (secondary N) is 1. The average molecular weight is 253 g/mol. The van der Waals surface area contributed by atoms with Crippen LogP contribution in [-0.2, 0) is 0 Å². The van der Waals surface area contributed by atoms with Gasteiger partial charge in [-0.2, -0.15) is 0 Å². The Kier molecular flexibility index (Phi) is 4.18. The Hall–Kier alpha value is -0.610. The quantitative estimate of drug-likeness (QED) is 0.878. The SMILES string of the molecule is CNC(=O)c1ccc(C2SCCCS2)cc1. The summed E-state index contributed by atoms with van der Waals surface area (Å²) >= 11 is 4.00. The van der Waals surface area contributed by atoms with Crippen molar-refractivity contribution in [2.75, 3.05) is 18.6 Å². The van der Waals surface area contributed by atoms with Gasteiger partial charge < -0.3 is 5.32 Å². The molecule has 16 heavy (non-hydrogen) atoms. The lowest BCUT2D eigenvalue weighted by Gasteiger charge is -2.21. The lowest BCUT2D eigenvalue weighted by molar-refractivity contribution is 0.0963. The lowest BCUT2D eigenvalue weighted by Crippen LogP contribution is -2.17. The highest BCUT2D eigenvalue weighted by molar-refractivity contribution is 8.16. The van der Waals surface area contributed by atoms with Gasteiger partial charge in [0.2, 0.25) is 0 Å². The predicted octanol–water partition coefficient (Wildman–Crippen LogP) is 2.91. The van der Waals surface area contributed by atoms with Gasteiger partial charge in [-0.1, -0.05) is 12.1 Å². The molecule has 1 aromatic rings.